The molecular formula is C22H27ClN2O5S. The fourth-order valence-corrected chi connectivity index (χ4v) is 5.09. The van der Waals surface area contributed by atoms with Crippen LogP contribution in [0.1, 0.15) is 22.3 Å². The Hall–Kier alpha value is -2.29. The number of ether oxygens (including phenoxy) is 2. The Morgan fingerprint density at radius 1 is 0.968 bits per heavy atom. The fraction of sp³-hybridized carbons (Fsp3) is 0.409. The van der Waals surface area contributed by atoms with Crippen molar-refractivity contribution in [1.29, 1.82) is 0 Å². The lowest BCUT2D eigenvalue weighted by atomic mass is 10.1. The van der Waals surface area contributed by atoms with Gasteiger partial charge in [0.1, 0.15) is 0 Å². The number of sulfonamides is 1. The molecule has 1 aliphatic rings. The van der Waals surface area contributed by atoms with E-state index in [-0.39, 0.29) is 23.9 Å². The molecule has 0 aliphatic carbocycles. The summed E-state index contributed by atoms with van der Waals surface area (Å²) < 4.78 is 37.9. The molecule has 0 radical (unpaired) electrons. The molecule has 0 atom stereocenters. The van der Waals surface area contributed by atoms with Gasteiger partial charge in [0, 0.05) is 37.6 Å². The molecule has 0 N–H and O–H groups in total. The van der Waals surface area contributed by atoms with Crippen LogP contribution in [0.15, 0.2) is 47.4 Å². The quantitative estimate of drug-likeness (QED) is 0.559. The number of aryl methyl sites for hydroxylation is 1. The zero-order valence-electron chi connectivity index (χ0n) is 17.7. The van der Waals surface area contributed by atoms with E-state index < -0.39 is 10.0 Å². The lowest BCUT2D eigenvalue weighted by Crippen LogP contribution is -2.50. The Morgan fingerprint density at radius 2 is 1.61 bits per heavy atom. The molecule has 0 saturated carbocycles. The maximum atomic E-state index is 13.0. The Balaban J connectivity index is 1.65. The minimum atomic E-state index is -3.60. The van der Waals surface area contributed by atoms with Crippen molar-refractivity contribution in [3.05, 3.63) is 53.6 Å². The predicted octanol–water partition coefficient (Wildman–Crippen LogP) is 3.02. The lowest BCUT2D eigenvalue weighted by molar-refractivity contribution is 0.0697. The van der Waals surface area contributed by atoms with Gasteiger partial charge in [-0.05, 0) is 48.7 Å². The van der Waals surface area contributed by atoms with Crippen LogP contribution in [0.5, 0.6) is 11.5 Å². The van der Waals surface area contributed by atoms with Gasteiger partial charge < -0.3 is 14.4 Å². The van der Waals surface area contributed by atoms with Crippen LogP contribution >= 0.6 is 11.6 Å². The van der Waals surface area contributed by atoms with Crippen LogP contribution < -0.4 is 9.47 Å². The highest BCUT2D eigenvalue weighted by Crippen LogP contribution is 2.28. The lowest BCUT2D eigenvalue weighted by Gasteiger charge is -2.34. The molecule has 1 fully saturated rings. The molecule has 1 aliphatic heterocycles. The van der Waals surface area contributed by atoms with Crippen LogP contribution in [0, 0.1) is 0 Å². The molecule has 1 amide bonds. The molecule has 0 unspecified atom stereocenters. The Kier molecular flexibility index (Phi) is 7.80. The number of methoxy groups -OCH3 is 2. The minimum Gasteiger partial charge on any atom is -0.493 e. The summed E-state index contributed by atoms with van der Waals surface area (Å²) in [5.74, 6) is 1.43. The van der Waals surface area contributed by atoms with Gasteiger partial charge >= 0.3 is 0 Å². The van der Waals surface area contributed by atoms with E-state index in [1.54, 1.807) is 35.2 Å². The van der Waals surface area contributed by atoms with E-state index >= 15 is 0 Å². The number of hydrogen-bond acceptors (Lipinski definition) is 5. The summed E-state index contributed by atoms with van der Waals surface area (Å²) in [6.07, 6.45) is 1.67. The van der Waals surface area contributed by atoms with Crippen molar-refractivity contribution < 1.29 is 22.7 Å². The molecule has 9 heteroatoms. The molecule has 0 bridgehead atoms. The van der Waals surface area contributed by atoms with Gasteiger partial charge in [0.25, 0.3) is 5.91 Å². The first-order valence-corrected chi connectivity index (χ1v) is 12.0. The molecule has 0 spiro atoms. The van der Waals surface area contributed by atoms with Crippen molar-refractivity contribution in [2.24, 2.45) is 0 Å². The average molecular weight is 467 g/mol. The SMILES string of the molecule is COc1ccc(C(=O)N2CCN(S(=O)(=O)c3ccc(CCCCl)cc3)CC2)cc1OC. The van der Waals surface area contributed by atoms with E-state index in [0.29, 0.717) is 36.0 Å². The maximum Gasteiger partial charge on any atom is 0.254 e. The fourth-order valence-electron chi connectivity index (χ4n) is 3.53. The minimum absolute atomic E-state index is 0.165. The maximum absolute atomic E-state index is 13.0. The van der Waals surface area contributed by atoms with Crippen molar-refractivity contribution in [3.8, 4) is 11.5 Å². The van der Waals surface area contributed by atoms with Gasteiger partial charge in [-0.2, -0.15) is 4.31 Å². The van der Waals surface area contributed by atoms with Crippen LogP contribution in [0.25, 0.3) is 0 Å². The van der Waals surface area contributed by atoms with Crippen molar-refractivity contribution in [3.63, 3.8) is 0 Å². The van der Waals surface area contributed by atoms with Gasteiger partial charge in [-0.3, -0.25) is 4.79 Å². The molecule has 31 heavy (non-hydrogen) atoms. The number of carbonyl (C=O) groups excluding carboxylic acids is 1. The summed E-state index contributed by atoms with van der Waals surface area (Å²) in [5, 5.41) is 0. The normalized spacial score (nSPS) is 15.0. The summed E-state index contributed by atoms with van der Waals surface area (Å²) in [7, 11) is -0.552. The highest BCUT2D eigenvalue weighted by Gasteiger charge is 2.30. The second-order valence-electron chi connectivity index (χ2n) is 7.20. The average Bonchev–Trinajstić information content (AvgIpc) is 2.82. The summed E-state index contributed by atoms with van der Waals surface area (Å²) >= 11 is 5.72. The molecule has 0 aromatic heterocycles. The standard InChI is InChI=1S/C22H27ClN2O5S/c1-29-20-10-7-18(16-21(20)30-2)22(26)24-12-14-25(15-13-24)31(27,28)19-8-5-17(6-9-19)4-3-11-23/h5-10,16H,3-4,11-15H2,1-2H3. The van der Waals surface area contributed by atoms with Gasteiger partial charge in [0.05, 0.1) is 19.1 Å². The Morgan fingerprint density at radius 3 is 2.19 bits per heavy atom. The van der Waals surface area contributed by atoms with E-state index in [0.717, 1.165) is 18.4 Å². The summed E-state index contributed by atoms with van der Waals surface area (Å²) in [6, 6.07) is 11.9. The largest absolute Gasteiger partial charge is 0.493 e. The molecule has 168 valence electrons. The third-order valence-electron chi connectivity index (χ3n) is 5.32. The first-order chi connectivity index (χ1) is 14.9. The second kappa shape index (κ2) is 10.3. The molecule has 2 aromatic carbocycles. The van der Waals surface area contributed by atoms with E-state index in [4.69, 9.17) is 21.1 Å². The number of piperazine rings is 1. The van der Waals surface area contributed by atoms with Gasteiger partial charge in [0.15, 0.2) is 11.5 Å². The molecule has 1 heterocycles. The van der Waals surface area contributed by atoms with Crippen molar-refractivity contribution in [2.45, 2.75) is 17.7 Å². The van der Waals surface area contributed by atoms with Crippen LogP contribution in [0.3, 0.4) is 0 Å². The third kappa shape index (κ3) is 5.31. The zero-order valence-corrected chi connectivity index (χ0v) is 19.3. The number of benzene rings is 2. The van der Waals surface area contributed by atoms with Gasteiger partial charge in [-0.25, -0.2) is 8.42 Å². The highest BCUT2D eigenvalue weighted by molar-refractivity contribution is 7.89. The highest BCUT2D eigenvalue weighted by atomic mass is 35.5. The number of hydrogen-bond donors (Lipinski definition) is 0. The van der Waals surface area contributed by atoms with Crippen LogP contribution in [0.2, 0.25) is 0 Å². The number of nitrogens with zero attached hydrogens (tertiary/aromatic N) is 2. The number of rotatable bonds is 8. The second-order valence-corrected chi connectivity index (χ2v) is 9.52. The van der Waals surface area contributed by atoms with Crippen LogP contribution in [-0.4, -0.2) is 69.8 Å². The van der Waals surface area contributed by atoms with Crippen molar-refractivity contribution in [2.75, 3.05) is 46.3 Å². The number of halogens is 1. The van der Waals surface area contributed by atoms with Crippen LogP contribution in [-0.2, 0) is 16.4 Å². The first kappa shape index (κ1) is 23.4. The van der Waals surface area contributed by atoms with Crippen LogP contribution in [0.4, 0.5) is 0 Å². The summed E-state index contributed by atoms with van der Waals surface area (Å²) in [6.45, 7) is 1.13. The predicted molar refractivity (Wildman–Crippen MR) is 120 cm³/mol. The smallest absolute Gasteiger partial charge is 0.254 e. The van der Waals surface area contributed by atoms with Crippen molar-refractivity contribution in [1.82, 2.24) is 9.21 Å². The van der Waals surface area contributed by atoms with E-state index in [1.807, 2.05) is 12.1 Å². The molecule has 7 nitrogen and oxygen atoms in total. The Labute approximate surface area is 188 Å². The van der Waals surface area contributed by atoms with Gasteiger partial charge in [-0.15, -0.1) is 11.6 Å². The van der Waals surface area contributed by atoms with Gasteiger partial charge in [0.2, 0.25) is 10.0 Å². The van der Waals surface area contributed by atoms with Crippen molar-refractivity contribution >= 4 is 27.5 Å². The van der Waals surface area contributed by atoms with E-state index in [9.17, 15) is 13.2 Å². The topological polar surface area (TPSA) is 76.2 Å². The number of amides is 1. The monoisotopic (exact) mass is 466 g/mol. The molecular weight excluding hydrogens is 440 g/mol. The van der Waals surface area contributed by atoms with Gasteiger partial charge in [-0.1, -0.05) is 12.1 Å². The number of alkyl halides is 1. The Bertz CT molecular complexity index is 1000. The number of carbonyl (C=O) groups is 1. The van der Waals surface area contributed by atoms with E-state index in [2.05, 4.69) is 0 Å². The summed E-state index contributed by atoms with van der Waals surface area (Å²) in [4.78, 5) is 14.8. The van der Waals surface area contributed by atoms with E-state index in [1.165, 1.54) is 18.5 Å². The zero-order chi connectivity index (χ0) is 22.4. The molecule has 3 rings (SSSR count). The first-order valence-electron chi connectivity index (χ1n) is 10.1. The summed E-state index contributed by atoms with van der Waals surface area (Å²) in [5.41, 5.74) is 1.53. The molecule has 2 aromatic rings. The third-order valence-corrected chi connectivity index (χ3v) is 7.50. The molecule has 1 saturated heterocycles.